The molecule has 7 nitrogen and oxygen atoms in total. The Morgan fingerprint density at radius 2 is 2.04 bits per heavy atom. The molecule has 1 aromatic carbocycles. The van der Waals surface area contributed by atoms with Crippen molar-refractivity contribution in [1.29, 1.82) is 0 Å². The van der Waals surface area contributed by atoms with Gasteiger partial charge in [0.15, 0.2) is 5.82 Å². The van der Waals surface area contributed by atoms with E-state index in [2.05, 4.69) is 38.4 Å². The molecule has 3 aliphatic rings. The van der Waals surface area contributed by atoms with E-state index in [0.717, 1.165) is 41.1 Å². The number of rotatable bonds is 4. The van der Waals surface area contributed by atoms with Crippen molar-refractivity contribution in [3.8, 4) is 0 Å². The van der Waals surface area contributed by atoms with Gasteiger partial charge in [-0.05, 0) is 35.4 Å². The van der Waals surface area contributed by atoms with Gasteiger partial charge in [0.2, 0.25) is 0 Å². The fourth-order valence-electron chi connectivity index (χ4n) is 4.62. The molecular weight excluding hydrogens is 376 g/mol. The Kier molecular flexibility index (Phi) is 4.70. The molecule has 0 saturated carbocycles. The number of aliphatic carboxylic acids is 1. The highest BCUT2D eigenvalue weighted by atomic mass is 32.2. The first-order valence-electron chi connectivity index (χ1n) is 9.56. The first-order chi connectivity index (χ1) is 13.7. The normalized spacial score (nSPS) is 26.1. The van der Waals surface area contributed by atoms with Crippen LogP contribution in [0.5, 0.6) is 0 Å². The number of ether oxygens (including phenoxy) is 1. The highest BCUT2D eigenvalue weighted by Crippen LogP contribution is 2.42. The van der Waals surface area contributed by atoms with Gasteiger partial charge in [-0.25, -0.2) is 9.97 Å². The first kappa shape index (κ1) is 17.9. The number of nitrogens with zero attached hydrogens (tertiary/aromatic N) is 3. The van der Waals surface area contributed by atoms with Gasteiger partial charge in [-0.2, -0.15) is 0 Å². The Labute approximate surface area is 167 Å². The molecule has 2 aromatic rings. The third-order valence-electron chi connectivity index (χ3n) is 5.85. The monoisotopic (exact) mass is 398 g/mol. The molecule has 4 heterocycles. The van der Waals surface area contributed by atoms with Crippen LogP contribution in [0.3, 0.4) is 0 Å². The summed E-state index contributed by atoms with van der Waals surface area (Å²) in [5.41, 5.74) is 2.31. The first-order valence-corrected chi connectivity index (χ1v) is 10.4. The Morgan fingerprint density at radius 1 is 1.25 bits per heavy atom. The highest BCUT2D eigenvalue weighted by Gasteiger charge is 2.41. The molecule has 3 aliphatic heterocycles. The number of nitrogens with one attached hydrogen (secondary N) is 1. The van der Waals surface area contributed by atoms with Crippen LogP contribution in [0.25, 0.3) is 0 Å². The minimum atomic E-state index is -0.697. The van der Waals surface area contributed by atoms with Gasteiger partial charge in [-0.1, -0.05) is 17.8 Å². The second-order valence-electron chi connectivity index (χ2n) is 7.78. The van der Waals surface area contributed by atoms with Crippen molar-refractivity contribution in [3.05, 3.63) is 36.2 Å². The van der Waals surface area contributed by atoms with Crippen LogP contribution in [-0.4, -0.2) is 52.2 Å². The molecule has 0 radical (unpaired) electrons. The number of fused-ring (bicyclic) bond motifs is 4. The molecule has 28 heavy (non-hydrogen) atoms. The van der Waals surface area contributed by atoms with E-state index in [0.29, 0.717) is 25.0 Å². The minimum Gasteiger partial charge on any atom is -0.481 e. The summed E-state index contributed by atoms with van der Waals surface area (Å²) in [6, 6.07) is 6.50. The summed E-state index contributed by atoms with van der Waals surface area (Å²) in [4.78, 5) is 23.6. The number of carbonyl (C=O) groups is 1. The molecule has 0 amide bonds. The van der Waals surface area contributed by atoms with Crippen LogP contribution in [0.2, 0.25) is 0 Å². The number of hydrogen-bond donors (Lipinski definition) is 2. The number of carboxylic acid groups (broad SMARTS) is 1. The number of benzene rings is 1. The largest absolute Gasteiger partial charge is 0.481 e. The maximum absolute atomic E-state index is 11.2. The van der Waals surface area contributed by atoms with Gasteiger partial charge in [-0.15, -0.1) is 0 Å². The molecule has 3 atom stereocenters. The van der Waals surface area contributed by atoms with Gasteiger partial charge in [0.1, 0.15) is 5.03 Å². The van der Waals surface area contributed by atoms with Crippen molar-refractivity contribution in [3.63, 3.8) is 0 Å². The van der Waals surface area contributed by atoms with Crippen molar-refractivity contribution in [2.75, 3.05) is 31.6 Å². The smallest absolute Gasteiger partial charge is 0.303 e. The molecule has 2 N–H and O–H groups in total. The standard InChI is InChI=1S/C20H22N4O3S/c25-18(26)6-15-13-8-24(9-14(15)11-27-10-13)7-12-1-2-17-16(5-12)23-19-20(28-17)22-4-3-21-19/h1-5,13-15H,6-11H2,(H,21,23)(H,25,26)/t13-,14+,15?. The minimum absolute atomic E-state index is 0.235. The van der Waals surface area contributed by atoms with Gasteiger partial charge < -0.3 is 15.2 Å². The lowest BCUT2D eigenvalue weighted by Gasteiger charge is -2.46. The number of carboxylic acids is 1. The van der Waals surface area contributed by atoms with E-state index in [1.54, 1.807) is 24.2 Å². The van der Waals surface area contributed by atoms with Gasteiger partial charge in [0.25, 0.3) is 0 Å². The third kappa shape index (κ3) is 3.47. The zero-order valence-electron chi connectivity index (χ0n) is 15.4. The number of anilines is 2. The van der Waals surface area contributed by atoms with E-state index in [-0.39, 0.29) is 12.3 Å². The van der Waals surface area contributed by atoms with Crippen molar-refractivity contribution >= 4 is 29.2 Å². The van der Waals surface area contributed by atoms with Gasteiger partial charge in [-0.3, -0.25) is 9.69 Å². The van der Waals surface area contributed by atoms with Crippen molar-refractivity contribution in [2.24, 2.45) is 17.8 Å². The zero-order valence-corrected chi connectivity index (χ0v) is 16.2. The average molecular weight is 398 g/mol. The van der Waals surface area contributed by atoms with Gasteiger partial charge >= 0.3 is 5.97 Å². The van der Waals surface area contributed by atoms with E-state index in [1.165, 1.54) is 5.56 Å². The maximum atomic E-state index is 11.2. The van der Waals surface area contributed by atoms with Crippen molar-refractivity contribution in [1.82, 2.24) is 14.9 Å². The maximum Gasteiger partial charge on any atom is 0.303 e. The molecule has 8 heteroatoms. The Hall–Kier alpha value is -2.16. The van der Waals surface area contributed by atoms with Crippen LogP contribution in [0.15, 0.2) is 40.5 Å². The number of aromatic nitrogens is 2. The van der Waals surface area contributed by atoms with Gasteiger partial charge in [0.05, 0.1) is 18.9 Å². The zero-order chi connectivity index (χ0) is 19.1. The van der Waals surface area contributed by atoms with E-state index in [4.69, 9.17) is 4.74 Å². The number of likely N-dealkylation sites (tertiary alicyclic amines) is 1. The van der Waals surface area contributed by atoms with Gasteiger partial charge in [0, 0.05) is 43.3 Å². The summed E-state index contributed by atoms with van der Waals surface area (Å²) < 4.78 is 5.71. The lowest BCUT2D eigenvalue weighted by atomic mass is 9.74. The average Bonchev–Trinajstić information content (AvgIpc) is 2.66. The van der Waals surface area contributed by atoms with Crippen LogP contribution in [0.1, 0.15) is 12.0 Å². The second-order valence-corrected chi connectivity index (χ2v) is 8.81. The van der Waals surface area contributed by atoms with Crippen molar-refractivity contribution < 1.29 is 14.6 Å². The summed E-state index contributed by atoms with van der Waals surface area (Å²) in [6.45, 7) is 3.98. The fraction of sp³-hybridized carbons (Fsp3) is 0.450. The molecule has 0 aliphatic carbocycles. The highest BCUT2D eigenvalue weighted by molar-refractivity contribution is 7.99. The molecule has 2 saturated heterocycles. The predicted octanol–water partition coefficient (Wildman–Crippen LogP) is 2.85. The van der Waals surface area contributed by atoms with E-state index in [1.807, 2.05) is 0 Å². The molecule has 1 unspecified atom stereocenters. The molecule has 0 spiro atoms. The fourth-order valence-corrected chi connectivity index (χ4v) is 5.50. The van der Waals surface area contributed by atoms with Crippen LogP contribution in [0.4, 0.5) is 11.5 Å². The summed E-state index contributed by atoms with van der Waals surface area (Å²) in [6.07, 6.45) is 3.66. The topological polar surface area (TPSA) is 87.6 Å². The predicted molar refractivity (Wildman–Crippen MR) is 105 cm³/mol. The van der Waals surface area contributed by atoms with E-state index in [9.17, 15) is 9.90 Å². The van der Waals surface area contributed by atoms with Crippen LogP contribution >= 0.6 is 11.8 Å². The van der Waals surface area contributed by atoms with Crippen molar-refractivity contribution in [2.45, 2.75) is 22.9 Å². The summed E-state index contributed by atoms with van der Waals surface area (Å²) in [5.74, 6) is 0.948. The van der Waals surface area contributed by atoms with E-state index >= 15 is 0 Å². The Morgan fingerprint density at radius 3 is 2.82 bits per heavy atom. The summed E-state index contributed by atoms with van der Waals surface area (Å²) in [5, 5.41) is 13.5. The molecule has 146 valence electrons. The molecule has 5 rings (SSSR count). The number of piperidine rings is 1. The lowest BCUT2D eigenvalue weighted by molar-refractivity contribution is -0.144. The second kappa shape index (κ2) is 7.35. The summed E-state index contributed by atoms with van der Waals surface area (Å²) in [7, 11) is 0. The van der Waals surface area contributed by atoms with Crippen LogP contribution < -0.4 is 5.32 Å². The molecular formula is C20H22N4O3S. The Bertz CT molecular complexity index is 895. The Balaban J connectivity index is 1.30. The van der Waals surface area contributed by atoms with Crippen LogP contribution in [-0.2, 0) is 16.1 Å². The SMILES string of the molecule is O=C(O)CC1[C@@H]2COC[C@H]1CN(Cc1ccc3c(c1)Nc1nccnc1S3)C2. The quantitative estimate of drug-likeness (QED) is 0.694. The molecule has 2 bridgehead atoms. The molecule has 1 aromatic heterocycles. The third-order valence-corrected chi connectivity index (χ3v) is 6.91. The number of hydrogen-bond acceptors (Lipinski definition) is 7. The van der Waals surface area contributed by atoms with Crippen LogP contribution in [0, 0.1) is 17.8 Å². The summed E-state index contributed by atoms with van der Waals surface area (Å²) >= 11 is 1.63. The lowest BCUT2D eigenvalue weighted by Crippen LogP contribution is -2.52. The van der Waals surface area contributed by atoms with E-state index < -0.39 is 5.97 Å². The molecule has 2 fully saturated rings.